The Kier molecular flexibility index (Phi) is 5.52. The Morgan fingerprint density at radius 2 is 1.95 bits per heavy atom. The van der Waals surface area contributed by atoms with Crippen molar-refractivity contribution < 1.29 is 4.39 Å². The number of hydrogen-bond donors (Lipinski definition) is 1. The fourth-order valence-electron chi connectivity index (χ4n) is 2.06. The fraction of sp³-hybridized carbons (Fsp3) is 0.438. The van der Waals surface area contributed by atoms with Gasteiger partial charge in [-0.3, -0.25) is 0 Å². The van der Waals surface area contributed by atoms with Crippen LogP contribution in [0, 0.1) is 5.82 Å². The molecule has 21 heavy (non-hydrogen) atoms. The Hall–Kier alpha value is -0.780. The summed E-state index contributed by atoms with van der Waals surface area (Å²) in [6, 6.07) is 4.95. The first-order chi connectivity index (χ1) is 9.88. The van der Waals surface area contributed by atoms with Crippen LogP contribution in [0.3, 0.4) is 0 Å². The van der Waals surface area contributed by atoms with Crippen LogP contribution in [0.25, 0.3) is 0 Å². The van der Waals surface area contributed by atoms with Gasteiger partial charge in [0.15, 0.2) is 0 Å². The second kappa shape index (κ2) is 6.99. The lowest BCUT2D eigenvalue weighted by molar-refractivity contribution is 0.520. The van der Waals surface area contributed by atoms with E-state index in [0.29, 0.717) is 5.92 Å². The lowest BCUT2D eigenvalue weighted by Gasteiger charge is -2.21. The van der Waals surface area contributed by atoms with E-state index in [4.69, 9.17) is 4.98 Å². The van der Waals surface area contributed by atoms with Crippen molar-refractivity contribution in [2.45, 2.75) is 45.7 Å². The molecule has 0 amide bonds. The van der Waals surface area contributed by atoms with Crippen LogP contribution >= 0.6 is 27.3 Å². The van der Waals surface area contributed by atoms with E-state index >= 15 is 0 Å². The van der Waals surface area contributed by atoms with Gasteiger partial charge in [-0.15, -0.1) is 11.3 Å². The SMILES string of the molecule is CC(C)NC(c1nc(C(C)C)cs1)c1cc(F)ccc1Br. The smallest absolute Gasteiger partial charge is 0.123 e. The molecule has 1 aromatic heterocycles. The van der Waals surface area contributed by atoms with Crippen molar-refractivity contribution >= 4 is 27.3 Å². The molecule has 0 saturated heterocycles. The molecule has 5 heteroatoms. The molecule has 114 valence electrons. The first-order valence-electron chi connectivity index (χ1n) is 7.04. The van der Waals surface area contributed by atoms with Crippen molar-refractivity contribution in [2.24, 2.45) is 0 Å². The summed E-state index contributed by atoms with van der Waals surface area (Å²) in [6.45, 7) is 8.41. The molecule has 0 fully saturated rings. The molecule has 1 aromatic carbocycles. The van der Waals surface area contributed by atoms with Gasteiger partial charge in [0.05, 0.1) is 11.7 Å². The van der Waals surface area contributed by atoms with E-state index in [1.54, 1.807) is 23.5 Å². The first kappa shape index (κ1) is 16.6. The predicted octanol–water partition coefficient (Wildman–Crippen LogP) is 5.26. The van der Waals surface area contributed by atoms with Crippen LogP contribution in [0.1, 0.15) is 55.9 Å². The minimum atomic E-state index is -0.232. The Labute approximate surface area is 137 Å². The Morgan fingerprint density at radius 1 is 1.24 bits per heavy atom. The summed E-state index contributed by atoms with van der Waals surface area (Å²) in [4.78, 5) is 4.72. The summed E-state index contributed by atoms with van der Waals surface area (Å²) in [7, 11) is 0. The van der Waals surface area contributed by atoms with Crippen molar-refractivity contribution in [3.05, 3.63) is 50.1 Å². The van der Waals surface area contributed by atoms with E-state index in [2.05, 4.69) is 54.3 Å². The third-order valence-corrected chi connectivity index (χ3v) is 4.80. The van der Waals surface area contributed by atoms with E-state index in [1.807, 2.05) is 0 Å². The second-order valence-corrected chi connectivity index (χ2v) is 7.43. The van der Waals surface area contributed by atoms with Gasteiger partial charge in [-0.1, -0.05) is 29.8 Å². The van der Waals surface area contributed by atoms with Crippen molar-refractivity contribution in [1.29, 1.82) is 0 Å². The van der Waals surface area contributed by atoms with E-state index in [0.717, 1.165) is 20.7 Å². The molecule has 0 aliphatic carbocycles. The molecule has 1 heterocycles. The maximum Gasteiger partial charge on any atom is 0.123 e. The van der Waals surface area contributed by atoms with Gasteiger partial charge >= 0.3 is 0 Å². The zero-order valence-electron chi connectivity index (χ0n) is 12.7. The minimum absolute atomic E-state index is 0.104. The van der Waals surface area contributed by atoms with Crippen LogP contribution < -0.4 is 5.32 Å². The molecule has 1 N–H and O–H groups in total. The zero-order valence-corrected chi connectivity index (χ0v) is 15.1. The van der Waals surface area contributed by atoms with Gasteiger partial charge in [0, 0.05) is 15.9 Å². The topological polar surface area (TPSA) is 24.9 Å². The lowest BCUT2D eigenvalue weighted by atomic mass is 10.1. The molecular weight excluding hydrogens is 351 g/mol. The second-order valence-electron chi connectivity index (χ2n) is 5.69. The first-order valence-corrected chi connectivity index (χ1v) is 8.72. The maximum absolute atomic E-state index is 13.6. The van der Waals surface area contributed by atoms with Crippen molar-refractivity contribution in [3.63, 3.8) is 0 Å². The quantitative estimate of drug-likeness (QED) is 0.776. The molecule has 0 aliphatic rings. The highest BCUT2D eigenvalue weighted by Gasteiger charge is 2.22. The molecule has 0 bridgehead atoms. The molecule has 2 nitrogen and oxygen atoms in total. The van der Waals surface area contributed by atoms with Crippen LogP contribution in [0.4, 0.5) is 4.39 Å². The number of benzene rings is 1. The van der Waals surface area contributed by atoms with Gasteiger partial charge in [0.2, 0.25) is 0 Å². The third-order valence-electron chi connectivity index (χ3n) is 3.15. The Morgan fingerprint density at radius 3 is 2.52 bits per heavy atom. The average Bonchev–Trinajstić information content (AvgIpc) is 2.88. The van der Waals surface area contributed by atoms with Crippen molar-refractivity contribution in [2.75, 3.05) is 0 Å². The van der Waals surface area contributed by atoms with Gasteiger partial charge in [-0.25, -0.2) is 9.37 Å². The van der Waals surface area contributed by atoms with Gasteiger partial charge in [-0.05, 0) is 43.5 Å². The molecular formula is C16H20BrFN2S. The average molecular weight is 371 g/mol. The molecule has 2 aromatic rings. The molecule has 2 rings (SSSR count). The summed E-state index contributed by atoms with van der Waals surface area (Å²) in [6.07, 6.45) is 0. The van der Waals surface area contributed by atoms with Gasteiger partial charge < -0.3 is 5.32 Å². The molecule has 0 radical (unpaired) electrons. The third kappa shape index (κ3) is 4.11. The predicted molar refractivity (Wildman–Crippen MR) is 90.4 cm³/mol. The van der Waals surface area contributed by atoms with Gasteiger partial charge in [-0.2, -0.15) is 0 Å². The van der Waals surface area contributed by atoms with Crippen LogP contribution in [0.15, 0.2) is 28.1 Å². The monoisotopic (exact) mass is 370 g/mol. The zero-order chi connectivity index (χ0) is 15.6. The number of thiazole rings is 1. The summed E-state index contributed by atoms with van der Waals surface area (Å²) in [5.74, 6) is 0.162. The van der Waals surface area contributed by atoms with Crippen molar-refractivity contribution in [1.82, 2.24) is 10.3 Å². The van der Waals surface area contributed by atoms with Crippen LogP contribution in [-0.4, -0.2) is 11.0 Å². The lowest BCUT2D eigenvalue weighted by Crippen LogP contribution is -2.29. The Bertz CT molecular complexity index is 610. The highest BCUT2D eigenvalue weighted by molar-refractivity contribution is 9.10. The number of nitrogens with zero attached hydrogens (tertiary/aromatic N) is 1. The van der Waals surface area contributed by atoms with E-state index in [-0.39, 0.29) is 17.9 Å². The highest BCUT2D eigenvalue weighted by atomic mass is 79.9. The fourth-order valence-corrected chi connectivity index (χ4v) is 3.59. The van der Waals surface area contributed by atoms with E-state index < -0.39 is 0 Å². The van der Waals surface area contributed by atoms with Gasteiger partial charge in [0.1, 0.15) is 10.8 Å². The van der Waals surface area contributed by atoms with Crippen LogP contribution in [-0.2, 0) is 0 Å². The summed E-state index contributed by atoms with van der Waals surface area (Å²) < 4.78 is 14.5. The maximum atomic E-state index is 13.6. The van der Waals surface area contributed by atoms with E-state index in [1.165, 1.54) is 6.07 Å². The number of nitrogens with one attached hydrogen (secondary N) is 1. The van der Waals surface area contributed by atoms with E-state index in [9.17, 15) is 4.39 Å². The molecule has 1 unspecified atom stereocenters. The Balaban J connectivity index is 2.44. The number of aromatic nitrogens is 1. The molecule has 0 spiro atoms. The number of rotatable bonds is 5. The van der Waals surface area contributed by atoms with Crippen LogP contribution in [0.5, 0.6) is 0 Å². The summed E-state index contributed by atoms with van der Waals surface area (Å²) >= 11 is 5.14. The largest absolute Gasteiger partial charge is 0.302 e. The normalized spacial score (nSPS) is 13.1. The highest BCUT2D eigenvalue weighted by Crippen LogP contribution is 2.32. The summed E-state index contributed by atoms with van der Waals surface area (Å²) in [5.41, 5.74) is 1.96. The molecule has 0 aliphatic heterocycles. The number of halogens is 2. The standard InChI is InChI=1S/C16H20BrFN2S/c1-9(2)14-8-21-16(20-14)15(19-10(3)4)12-7-11(18)5-6-13(12)17/h5-10,15,19H,1-4H3. The number of hydrogen-bond acceptors (Lipinski definition) is 3. The summed E-state index contributed by atoms with van der Waals surface area (Å²) in [5, 5.41) is 6.54. The van der Waals surface area contributed by atoms with Gasteiger partial charge in [0.25, 0.3) is 0 Å². The molecule has 0 saturated carbocycles. The van der Waals surface area contributed by atoms with Crippen molar-refractivity contribution in [3.8, 4) is 0 Å². The molecule has 1 atom stereocenters. The minimum Gasteiger partial charge on any atom is -0.302 e. The van der Waals surface area contributed by atoms with Crippen LogP contribution in [0.2, 0.25) is 0 Å².